The van der Waals surface area contributed by atoms with Gasteiger partial charge in [-0.05, 0) is 24.3 Å². The van der Waals surface area contributed by atoms with Crippen molar-refractivity contribution >= 4 is 11.6 Å². The quantitative estimate of drug-likeness (QED) is 0.888. The smallest absolute Gasteiger partial charge is 0.259 e. The third-order valence-corrected chi connectivity index (χ3v) is 2.55. The molecule has 0 aliphatic rings. The van der Waals surface area contributed by atoms with Crippen molar-refractivity contribution in [3.8, 4) is 0 Å². The van der Waals surface area contributed by atoms with Crippen LogP contribution in [0.25, 0.3) is 0 Å². The summed E-state index contributed by atoms with van der Waals surface area (Å²) in [6, 6.07) is 12.7. The average molecular weight is 242 g/mol. The van der Waals surface area contributed by atoms with Gasteiger partial charge in [0.15, 0.2) is 0 Å². The Kier molecular flexibility index (Phi) is 4.04. The van der Waals surface area contributed by atoms with Gasteiger partial charge >= 0.3 is 0 Å². The van der Waals surface area contributed by atoms with Gasteiger partial charge in [-0.2, -0.15) is 0 Å². The van der Waals surface area contributed by atoms with Gasteiger partial charge in [0.05, 0.1) is 12.2 Å². The molecule has 1 aromatic heterocycles. The lowest BCUT2D eigenvalue weighted by atomic mass is 10.2. The molecule has 0 bridgehead atoms. The van der Waals surface area contributed by atoms with Gasteiger partial charge in [-0.1, -0.05) is 18.2 Å². The Morgan fingerprint density at radius 2 is 1.94 bits per heavy atom. The summed E-state index contributed by atoms with van der Waals surface area (Å²) in [5, 5.41) is 9.08. The van der Waals surface area contributed by atoms with E-state index < -0.39 is 0 Å². The topological polar surface area (TPSA) is 53.4 Å². The molecular weight excluding hydrogens is 228 g/mol. The molecule has 92 valence electrons. The molecule has 0 saturated heterocycles. The maximum Gasteiger partial charge on any atom is 0.259 e. The highest BCUT2D eigenvalue weighted by Gasteiger charge is 2.16. The summed E-state index contributed by atoms with van der Waals surface area (Å²) < 4.78 is 0. The van der Waals surface area contributed by atoms with Gasteiger partial charge in [-0.15, -0.1) is 0 Å². The van der Waals surface area contributed by atoms with Crippen molar-refractivity contribution in [3.63, 3.8) is 0 Å². The normalized spacial score (nSPS) is 10.1. The van der Waals surface area contributed by atoms with E-state index in [0.29, 0.717) is 5.56 Å². The van der Waals surface area contributed by atoms with Crippen LogP contribution < -0.4 is 4.90 Å². The van der Waals surface area contributed by atoms with Crippen molar-refractivity contribution in [1.29, 1.82) is 0 Å². The largest absolute Gasteiger partial charge is 0.395 e. The Labute approximate surface area is 106 Å². The molecule has 1 aromatic carbocycles. The molecule has 4 heteroatoms. The van der Waals surface area contributed by atoms with Crippen molar-refractivity contribution in [3.05, 3.63) is 60.4 Å². The van der Waals surface area contributed by atoms with Crippen molar-refractivity contribution < 1.29 is 9.90 Å². The Hall–Kier alpha value is -2.20. The van der Waals surface area contributed by atoms with Crippen LogP contribution in [-0.4, -0.2) is 29.1 Å². The summed E-state index contributed by atoms with van der Waals surface area (Å²) in [5.74, 6) is -0.164. The van der Waals surface area contributed by atoms with Crippen LogP contribution >= 0.6 is 0 Å². The van der Waals surface area contributed by atoms with E-state index in [4.69, 9.17) is 5.11 Å². The number of aliphatic hydroxyl groups is 1. The highest BCUT2D eigenvalue weighted by atomic mass is 16.3. The van der Waals surface area contributed by atoms with Gasteiger partial charge in [0, 0.05) is 24.6 Å². The van der Waals surface area contributed by atoms with Crippen LogP contribution in [0.1, 0.15) is 10.4 Å². The summed E-state index contributed by atoms with van der Waals surface area (Å²) in [6.07, 6.45) is 3.14. The van der Waals surface area contributed by atoms with E-state index >= 15 is 0 Å². The summed E-state index contributed by atoms with van der Waals surface area (Å²) in [5.41, 5.74) is 1.27. The number of amides is 1. The van der Waals surface area contributed by atoms with Crippen molar-refractivity contribution in [1.82, 2.24) is 4.98 Å². The van der Waals surface area contributed by atoms with Gasteiger partial charge in [0.25, 0.3) is 5.91 Å². The predicted molar refractivity (Wildman–Crippen MR) is 69.4 cm³/mol. The van der Waals surface area contributed by atoms with E-state index in [0.717, 1.165) is 5.69 Å². The second-order valence-corrected chi connectivity index (χ2v) is 3.76. The second-order valence-electron chi connectivity index (χ2n) is 3.76. The highest BCUT2D eigenvalue weighted by Crippen LogP contribution is 2.15. The van der Waals surface area contributed by atoms with E-state index in [1.54, 1.807) is 18.3 Å². The molecule has 18 heavy (non-hydrogen) atoms. The van der Waals surface area contributed by atoms with E-state index in [9.17, 15) is 4.79 Å². The lowest BCUT2D eigenvalue weighted by molar-refractivity contribution is 0.0980. The molecule has 0 aliphatic carbocycles. The maximum absolute atomic E-state index is 12.3. The highest BCUT2D eigenvalue weighted by molar-refractivity contribution is 6.05. The molecule has 0 radical (unpaired) electrons. The van der Waals surface area contributed by atoms with Gasteiger partial charge < -0.3 is 10.0 Å². The molecule has 0 saturated carbocycles. The Balaban J connectivity index is 2.29. The van der Waals surface area contributed by atoms with Crippen LogP contribution in [0.2, 0.25) is 0 Å². The Morgan fingerprint density at radius 3 is 2.56 bits per heavy atom. The third kappa shape index (κ3) is 2.73. The summed E-state index contributed by atoms with van der Waals surface area (Å²) in [4.78, 5) is 17.8. The Morgan fingerprint density at radius 1 is 1.17 bits per heavy atom. The van der Waals surface area contributed by atoms with Crippen LogP contribution in [0.5, 0.6) is 0 Å². The first-order valence-electron chi connectivity index (χ1n) is 5.70. The number of aromatic nitrogens is 1. The number of benzene rings is 1. The fraction of sp³-hybridized carbons (Fsp3) is 0.143. The zero-order chi connectivity index (χ0) is 12.8. The number of para-hydroxylation sites is 1. The molecule has 0 atom stereocenters. The zero-order valence-electron chi connectivity index (χ0n) is 9.86. The fourth-order valence-electron chi connectivity index (χ4n) is 1.70. The van der Waals surface area contributed by atoms with Crippen LogP contribution in [0, 0.1) is 0 Å². The lowest BCUT2D eigenvalue weighted by Crippen LogP contribution is -2.33. The number of hydrogen-bond donors (Lipinski definition) is 1. The molecule has 1 heterocycles. The molecule has 0 fully saturated rings. The summed E-state index contributed by atoms with van der Waals surface area (Å²) in [6.45, 7) is 0.179. The lowest BCUT2D eigenvalue weighted by Gasteiger charge is -2.21. The second kappa shape index (κ2) is 5.93. The van der Waals surface area contributed by atoms with E-state index in [1.165, 1.54) is 11.1 Å². The molecule has 4 nitrogen and oxygen atoms in total. The Bertz CT molecular complexity index is 500. The number of aliphatic hydroxyl groups excluding tert-OH is 1. The minimum atomic E-state index is -0.164. The number of pyridine rings is 1. The SMILES string of the molecule is O=C(c1cccnc1)N(CCO)c1ccccc1. The van der Waals surface area contributed by atoms with E-state index in [2.05, 4.69) is 4.98 Å². The number of anilines is 1. The first-order chi connectivity index (χ1) is 8.83. The molecule has 1 N–H and O–H groups in total. The minimum Gasteiger partial charge on any atom is -0.395 e. The average Bonchev–Trinajstić information content (AvgIpc) is 2.46. The maximum atomic E-state index is 12.3. The van der Waals surface area contributed by atoms with Crippen molar-refractivity contribution in [2.24, 2.45) is 0 Å². The zero-order valence-corrected chi connectivity index (χ0v) is 9.86. The monoisotopic (exact) mass is 242 g/mol. The minimum absolute atomic E-state index is 0.0824. The first-order valence-corrected chi connectivity index (χ1v) is 5.70. The molecule has 0 unspecified atom stereocenters. The van der Waals surface area contributed by atoms with Gasteiger partial charge in [0.2, 0.25) is 0 Å². The molecular formula is C14H14N2O2. The third-order valence-electron chi connectivity index (χ3n) is 2.55. The van der Waals surface area contributed by atoms with Crippen LogP contribution in [0.4, 0.5) is 5.69 Å². The standard InChI is InChI=1S/C14H14N2O2/c17-10-9-16(13-6-2-1-3-7-13)14(18)12-5-4-8-15-11-12/h1-8,11,17H,9-10H2. The van der Waals surface area contributed by atoms with Crippen molar-refractivity contribution in [2.45, 2.75) is 0 Å². The van der Waals surface area contributed by atoms with Crippen LogP contribution in [0.15, 0.2) is 54.9 Å². The molecule has 1 amide bonds. The van der Waals surface area contributed by atoms with Gasteiger partial charge in [0.1, 0.15) is 0 Å². The molecule has 2 rings (SSSR count). The molecule has 2 aromatic rings. The number of carbonyl (C=O) groups excluding carboxylic acids is 1. The van der Waals surface area contributed by atoms with Crippen LogP contribution in [0.3, 0.4) is 0 Å². The van der Waals surface area contributed by atoms with Gasteiger partial charge in [-0.25, -0.2) is 0 Å². The predicted octanol–water partition coefficient (Wildman–Crippen LogP) is 1.72. The number of carbonyl (C=O) groups is 1. The summed E-state index contributed by atoms with van der Waals surface area (Å²) in [7, 11) is 0. The van der Waals surface area contributed by atoms with Gasteiger partial charge in [-0.3, -0.25) is 9.78 Å². The fourth-order valence-corrected chi connectivity index (χ4v) is 1.70. The first kappa shape index (κ1) is 12.3. The van der Waals surface area contributed by atoms with E-state index in [1.807, 2.05) is 30.3 Å². The molecule has 0 aliphatic heterocycles. The van der Waals surface area contributed by atoms with Crippen molar-refractivity contribution in [2.75, 3.05) is 18.1 Å². The van der Waals surface area contributed by atoms with E-state index in [-0.39, 0.29) is 19.1 Å². The van der Waals surface area contributed by atoms with Crippen LogP contribution in [-0.2, 0) is 0 Å². The number of nitrogens with zero attached hydrogens (tertiary/aromatic N) is 2. The number of rotatable bonds is 4. The molecule has 0 spiro atoms. The summed E-state index contributed by atoms with van der Waals surface area (Å²) >= 11 is 0. The number of hydrogen-bond acceptors (Lipinski definition) is 3.